The van der Waals surface area contributed by atoms with Crippen molar-refractivity contribution in [1.29, 1.82) is 0 Å². The zero-order valence-electron chi connectivity index (χ0n) is 15.7. The topological polar surface area (TPSA) is 78.4 Å². The summed E-state index contributed by atoms with van der Waals surface area (Å²) in [5.74, 6) is 0.616. The van der Waals surface area contributed by atoms with Gasteiger partial charge in [-0.05, 0) is 54.6 Å². The van der Waals surface area contributed by atoms with Gasteiger partial charge >= 0.3 is 0 Å². The predicted molar refractivity (Wildman–Crippen MR) is 111 cm³/mol. The van der Waals surface area contributed by atoms with Crippen LogP contribution >= 0.6 is 23.2 Å². The molecule has 0 spiro atoms. The quantitative estimate of drug-likeness (QED) is 0.681. The number of aromatic nitrogens is 2. The molecule has 1 amide bonds. The molecule has 1 unspecified atom stereocenters. The van der Waals surface area contributed by atoms with Crippen molar-refractivity contribution >= 4 is 40.6 Å². The molecule has 0 saturated heterocycles. The van der Waals surface area contributed by atoms with Crippen LogP contribution in [0.15, 0.2) is 30.5 Å². The number of amides is 1. The van der Waals surface area contributed by atoms with Crippen LogP contribution in [0.4, 0.5) is 11.5 Å². The zero-order chi connectivity index (χ0) is 20.1. The first-order valence-corrected chi connectivity index (χ1v) is 10.2. The highest BCUT2D eigenvalue weighted by Gasteiger charge is 2.25. The summed E-state index contributed by atoms with van der Waals surface area (Å²) in [5, 5.41) is 13.3. The molecular weight excluding hydrogens is 399 g/mol. The van der Waals surface area contributed by atoms with E-state index in [1.54, 1.807) is 35.4 Å². The maximum absolute atomic E-state index is 12.9. The molecule has 1 heterocycles. The Morgan fingerprint density at radius 2 is 2.04 bits per heavy atom. The minimum Gasteiger partial charge on any atom is -0.394 e. The van der Waals surface area contributed by atoms with Gasteiger partial charge in [-0.15, -0.1) is 0 Å². The lowest BCUT2D eigenvalue weighted by atomic mass is 9.84. The van der Waals surface area contributed by atoms with Crippen LogP contribution in [-0.2, 0) is 0 Å². The van der Waals surface area contributed by atoms with Gasteiger partial charge in [0, 0.05) is 18.9 Å². The first kappa shape index (κ1) is 20.8. The monoisotopic (exact) mass is 422 g/mol. The summed E-state index contributed by atoms with van der Waals surface area (Å²) in [6, 6.07) is 6.67. The molecule has 1 aromatic heterocycles. The van der Waals surface area contributed by atoms with Gasteiger partial charge in [-0.1, -0.05) is 30.9 Å². The Kier molecular flexibility index (Phi) is 7.10. The van der Waals surface area contributed by atoms with Crippen LogP contribution in [0.25, 0.3) is 0 Å². The first-order valence-electron chi connectivity index (χ1n) is 9.43. The van der Waals surface area contributed by atoms with E-state index < -0.39 is 0 Å². The van der Waals surface area contributed by atoms with Gasteiger partial charge in [0.1, 0.15) is 5.82 Å². The van der Waals surface area contributed by atoms with Gasteiger partial charge in [-0.25, -0.2) is 9.97 Å². The van der Waals surface area contributed by atoms with Crippen molar-refractivity contribution in [3.8, 4) is 0 Å². The van der Waals surface area contributed by atoms with Gasteiger partial charge < -0.3 is 15.3 Å². The lowest BCUT2D eigenvalue weighted by Crippen LogP contribution is -2.43. The molecule has 1 saturated carbocycles. The lowest BCUT2D eigenvalue weighted by molar-refractivity contribution is 0.0871. The highest BCUT2D eigenvalue weighted by molar-refractivity contribution is 6.34. The van der Waals surface area contributed by atoms with Gasteiger partial charge in [0.25, 0.3) is 5.91 Å². The van der Waals surface area contributed by atoms with E-state index in [9.17, 15) is 9.90 Å². The molecule has 1 atom stereocenters. The number of carbonyl (C=O) groups is 1. The summed E-state index contributed by atoms with van der Waals surface area (Å²) >= 11 is 12.2. The highest BCUT2D eigenvalue weighted by Crippen LogP contribution is 2.29. The summed E-state index contributed by atoms with van der Waals surface area (Å²) in [5.41, 5.74) is 1.10. The molecule has 8 heteroatoms. The van der Waals surface area contributed by atoms with Crippen molar-refractivity contribution in [3.05, 3.63) is 46.3 Å². The van der Waals surface area contributed by atoms with Gasteiger partial charge in [0.05, 0.1) is 23.2 Å². The summed E-state index contributed by atoms with van der Waals surface area (Å²) in [4.78, 5) is 22.7. The zero-order valence-corrected chi connectivity index (χ0v) is 17.2. The molecule has 1 aromatic carbocycles. The molecule has 1 fully saturated rings. The number of aliphatic hydroxyl groups excluding tert-OH is 1. The number of nitrogens with zero attached hydrogens (tertiary/aromatic N) is 3. The van der Waals surface area contributed by atoms with Crippen LogP contribution in [0.2, 0.25) is 10.3 Å². The number of nitrogens with one attached hydrogen (secondary N) is 1. The van der Waals surface area contributed by atoms with Crippen molar-refractivity contribution in [2.24, 2.45) is 5.92 Å². The molecule has 3 rings (SSSR count). The Hall–Kier alpha value is -1.89. The fourth-order valence-electron chi connectivity index (χ4n) is 3.64. The third-order valence-electron chi connectivity index (χ3n) is 5.27. The average Bonchev–Trinajstić information content (AvgIpc) is 2.72. The fourth-order valence-corrected chi connectivity index (χ4v) is 3.98. The van der Waals surface area contributed by atoms with Crippen LogP contribution in [0.5, 0.6) is 0 Å². The van der Waals surface area contributed by atoms with Gasteiger partial charge in [-0.2, -0.15) is 0 Å². The van der Waals surface area contributed by atoms with Crippen molar-refractivity contribution in [2.45, 2.75) is 38.1 Å². The Morgan fingerprint density at radius 3 is 2.71 bits per heavy atom. The third kappa shape index (κ3) is 4.93. The number of aliphatic hydroxyl groups is 1. The van der Waals surface area contributed by atoms with E-state index >= 15 is 0 Å². The van der Waals surface area contributed by atoms with E-state index in [4.69, 9.17) is 23.2 Å². The molecule has 2 aromatic rings. The molecule has 28 heavy (non-hydrogen) atoms. The minimum absolute atomic E-state index is 0.0763. The van der Waals surface area contributed by atoms with Gasteiger partial charge in [0.15, 0.2) is 0 Å². The smallest absolute Gasteiger partial charge is 0.253 e. The Morgan fingerprint density at radius 1 is 1.29 bits per heavy atom. The Labute approximate surface area is 174 Å². The van der Waals surface area contributed by atoms with Gasteiger partial charge in [0.2, 0.25) is 5.28 Å². The second-order valence-corrected chi connectivity index (χ2v) is 7.81. The normalized spacial score (nSPS) is 15.9. The van der Waals surface area contributed by atoms with E-state index in [1.807, 2.05) is 7.05 Å². The minimum atomic E-state index is -0.286. The summed E-state index contributed by atoms with van der Waals surface area (Å²) in [6.07, 6.45) is 7.11. The maximum atomic E-state index is 12.9. The Balaban J connectivity index is 1.79. The van der Waals surface area contributed by atoms with Crippen LogP contribution < -0.4 is 10.2 Å². The first-order chi connectivity index (χ1) is 13.5. The molecule has 2 N–H and O–H groups in total. The molecule has 6 nitrogen and oxygen atoms in total. The number of rotatable bonds is 6. The van der Waals surface area contributed by atoms with Crippen LogP contribution in [0.1, 0.15) is 42.5 Å². The number of carbonyl (C=O) groups excluding carboxylic acids is 1. The summed E-state index contributed by atoms with van der Waals surface area (Å²) in [6.45, 7) is -0.0763. The van der Waals surface area contributed by atoms with Crippen LogP contribution in [0.3, 0.4) is 0 Å². The number of benzene rings is 1. The van der Waals surface area contributed by atoms with E-state index in [1.165, 1.54) is 6.42 Å². The number of hydrogen-bond donors (Lipinski definition) is 2. The summed E-state index contributed by atoms with van der Waals surface area (Å²) < 4.78 is 0. The maximum Gasteiger partial charge on any atom is 0.253 e. The molecule has 1 aliphatic rings. The SMILES string of the molecule is CN(c1ccc(Cl)c(C(=O)NC(CO)C2CCCCC2)c1)c1ccnc(Cl)n1. The van der Waals surface area contributed by atoms with Crippen LogP contribution in [-0.4, -0.2) is 40.7 Å². The molecule has 0 radical (unpaired) electrons. The molecular formula is C20H24Cl2N4O2. The number of hydrogen-bond acceptors (Lipinski definition) is 5. The predicted octanol–water partition coefficient (Wildman–Crippen LogP) is 4.22. The van der Waals surface area contributed by atoms with E-state index in [0.29, 0.717) is 22.3 Å². The molecule has 0 aliphatic heterocycles. The van der Waals surface area contributed by atoms with Crippen molar-refractivity contribution in [2.75, 3.05) is 18.6 Å². The van der Waals surface area contributed by atoms with Crippen molar-refractivity contribution in [3.63, 3.8) is 0 Å². The Bertz CT molecular complexity index is 828. The van der Waals surface area contributed by atoms with Gasteiger partial charge in [-0.3, -0.25) is 4.79 Å². The van der Waals surface area contributed by atoms with E-state index in [2.05, 4.69) is 15.3 Å². The van der Waals surface area contributed by atoms with E-state index in [-0.39, 0.29) is 23.8 Å². The highest BCUT2D eigenvalue weighted by atomic mass is 35.5. The van der Waals surface area contributed by atoms with E-state index in [0.717, 1.165) is 31.4 Å². The average molecular weight is 423 g/mol. The van der Waals surface area contributed by atoms with Crippen molar-refractivity contribution in [1.82, 2.24) is 15.3 Å². The number of anilines is 2. The third-order valence-corrected chi connectivity index (χ3v) is 5.78. The summed E-state index contributed by atoms with van der Waals surface area (Å²) in [7, 11) is 1.82. The molecule has 1 aliphatic carbocycles. The lowest BCUT2D eigenvalue weighted by Gasteiger charge is -2.29. The standard InChI is InChI=1S/C20H24Cl2N4O2/c1-26(18-9-10-23-20(22)25-18)14-7-8-16(21)15(11-14)19(28)24-17(12-27)13-5-3-2-4-6-13/h7-11,13,17,27H,2-6,12H2,1H3,(H,24,28). The molecule has 150 valence electrons. The number of halogens is 2. The second-order valence-electron chi connectivity index (χ2n) is 7.07. The fraction of sp³-hybridized carbons (Fsp3) is 0.450. The molecule has 0 bridgehead atoms. The largest absolute Gasteiger partial charge is 0.394 e. The second kappa shape index (κ2) is 9.54. The van der Waals surface area contributed by atoms with Crippen LogP contribution in [0, 0.1) is 5.92 Å². The van der Waals surface area contributed by atoms with Crippen molar-refractivity contribution < 1.29 is 9.90 Å².